The van der Waals surface area contributed by atoms with Crippen molar-refractivity contribution in [3.05, 3.63) is 29.3 Å². The smallest absolute Gasteiger partial charge is 0.313 e. The maximum absolute atomic E-state index is 12.4. The molecule has 1 aromatic carbocycles. The van der Waals surface area contributed by atoms with Crippen molar-refractivity contribution in [2.45, 2.75) is 33.2 Å². The molecule has 0 bridgehead atoms. The number of rotatable bonds is 3. The first-order chi connectivity index (χ1) is 10.7. The summed E-state index contributed by atoms with van der Waals surface area (Å²) in [4.78, 5) is 26.0. The molecule has 2 amide bonds. The summed E-state index contributed by atoms with van der Waals surface area (Å²) in [7, 11) is -3.11. The molecule has 1 aliphatic heterocycles. The SMILES string of the molecule is CCN(C(=O)C(=O)Nc1cc(C)ccc1C)C1CCS(=O)(=O)C1. The van der Waals surface area contributed by atoms with Crippen molar-refractivity contribution >= 4 is 27.3 Å². The van der Waals surface area contributed by atoms with Gasteiger partial charge in [-0.3, -0.25) is 9.59 Å². The fraction of sp³-hybridized carbons (Fsp3) is 0.500. The minimum atomic E-state index is -3.11. The Hall–Kier alpha value is -1.89. The Kier molecular flexibility index (Phi) is 5.09. The first-order valence-corrected chi connectivity index (χ1v) is 9.45. The molecule has 1 fully saturated rings. The Morgan fingerprint density at radius 2 is 2.00 bits per heavy atom. The van der Waals surface area contributed by atoms with Gasteiger partial charge < -0.3 is 10.2 Å². The predicted molar refractivity (Wildman–Crippen MR) is 89.0 cm³/mol. The van der Waals surface area contributed by atoms with E-state index in [1.807, 2.05) is 26.0 Å². The highest BCUT2D eigenvalue weighted by molar-refractivity contribution is 7.91. The van der Waals surface area contributed by atoms with E-state index in [-0.39, 0.29) is 11.5 Å². The van der Waals surface area contributed by atoms with Crippen LogP contribution in [0.5, 0.6) is 0 Å². The molecular weight excluding hydrogens is 316 g/mol. The summed E-state index contributed by atoms with van der Waals surface area (Å²) in [5.74, 6) is -1.41. The molecule has 0 aliphatic carbocycles. The first kappa shape index (κ1) is 17.5. The summed E-state index contributed by atoms with van der Waals surface area (Å²) in [5, 5.41) is 2.63. The Labute approximate surface area is 136 Å². The van der Waals surface area contributed by atoms with Gasteiger partial charge in [0.1, 0.15) is 0 Å². The number of anilines is 1. The topological polar surface area (TPSA) is 83.6 Å². The number of benzene rings is 1. The normalized spacial score (nSPS) is 19.3. The van der Waals surface area contributed by atoms with E-state index in [1.165, 1.54) is 4.90 Å². The van der Waals surface area contributed by atoms with Crippen LogP contribution in [-0.4, -0.2) is 49.2 Å². The number of nitrogens with one attached hydrogen (secondary N) is 1. The maximum Gasteiger partial charge on any atom is 0.313 e. The lowest BCUT2D eigenvalue weighted by Gasteiger charge is -2.26. The number of carbonyl (C=O) groups is 2. The second-order valence-electron chi connectivity index (χ2n) is 5.92. The number of nitrogens with zero attached hydrogens (tertiary/aromatic N) is 1. The van der Waals surface area contributed by atoms with Crippen molar-refractivity contribution in [3.63, 3.8) is 0 Å². The highest BCUT2D eigenvalue weighted by atomic mass is 32.2. The third kappa shape index (κ3) is 4.10. The minimum Gasteiger partial charge on any atom is -0.331 e. The van der Waals surface area contributed by atoms with Gasteiger partial charge in [0.2, 0.25) is 0 Å². The summed E-state index contributed by atoms with van der Waals surface area (Å²) in [6, 6.07) is 5.18. The van der Waals surface area contributed by atoms with E-state index in [1.54, 1.807) is 13.0 Å². The summed E-state index contributed by atoms with van der Waals surface area (Å²) in [5.41, 5.74) is 2.44. The van der Waals surface area contributed by atoms with Crippen LogP contribution in [0.25, 0.3) is 0 Å². The van der Waals surface area contributed by atoms with Gasteiger partial charge in [-0.15, -0.1) is 0 Å². The van der Waals surface area contributed by atoms with Gasteiger partial charge in [-0.05, 0) is 44.4 Å². The zero-order valence-corrected chi connectivity index (χ0v) is 14.4. The summed E-state index contributed by atoms with van der Waals surface area (Å²) in [6.07, 6.45) is 0.388. The van der Waals surface area contributed by atoms with E-state index < -0.39 is 27.7 Å². The molecule has 7 heteroatoms. The Balaban J connectivity index is 2.11. The molecule has 0 saturated carbocycles. The fourth-order valence-electron chi connectivity index (χ4n) is 2.77. The van der Waals surface area contributed by atoms with Crippen LogP contribution in [0.3, 0.4) is 0 Å². The lowest BCUT2D eigenvalue weighted by molar-refractivity contribution is -0.144. The number of amides is 2. The number of carbonyl (C=O) groups excluding carboxylic acids is 2. The minimum absolute atomic E-state index is 0.0661. The molecule has 1 aliphatic rings. The number of likely N-dealkylation sites (N-methyl/N-ethyl adjacent to an activating group) is 1. The van der Waals surface area contributed by atoms with Gasteiger partial charge in [0.25, 0.3) is 0 Å². The summed E-state index contributed by atoms with van der Waals surface area (Å²) < 4.78 is 23.2. The molecule has 0 spiro atoms. The molecule has 23 heavy (non-hydrogen) atoms. The molecule has 1 atom stereocenters. The van der Waals surface area contributed by atoms with Gasteiger partial charge in [0.15, 0.2) is 9.84 Å². The lowest BCUT2D eigenvalue weighted by atomic mass is 10.1. The first-order valence-electron chi connectivity index (χ1n) is 7.63. The van der Waals surface area contributed by atoms with E-state index in [0.717, 1.165) is 11.1 Å². The van der Waals surface area contributed by atoms with Crippen LogP contribution < -0.4 is 5.32 Å². The maximum atomic E-state index is 12.4. The number of hydrogen-bond acceptors (Lipinski definition) is 4. The third-order valence-corrected chi connectivity index (χ3v) is 5.84. The van der Waals surface area contributed by atoms with E-state index in [9.17, 15) is 18.0 Å². The molecular formula is C16H22N2O4S. The van der Waals surface area contributed by atoms with E-state index in [0.29, 0.717) is 18.7 Å². The van der Waals surface area contributed by atoms with Gasteiger partial charge in [-0.2, -0.15) is 0 Å². The molecule has 1 saturated heterocycles. The van der Waals surface area contributed by atoms with Crippen LogP contribution >= 0.6 is 0 Å². The second kappa shape index (κ2) is 6.70. The van der Waals surface area contributed by atoms with Crippen molar-refractivity contribution < 1.29 is 18.0 Å². The van der Waals surface area contributed by atoms with Crippen LogP contribution in [0, 0.1) is 13.8 Å². The van der Waals surface area contributed by atoms with E-state index in [4.69, 9.17) is 0 Å². The summed E-state index contributed by atoms with van der Waals surface area (Å²) in [6.45, 7) is 5.80. The highest BCUT2D eigenvalue weighted by Crippen LogP contribution is 2.19. The standard InChI is InChI=1S/C16H22N2O4S/c1-4-18(13-7-8-23(21,22)10-13)16(20)15(19)17-14-9-11(2)5-6-12(14)3/h5-6,9,13H,4,7-8,10H2,1-3H3,(H,17,19). The molecule has 1 N–H and O–H groups in total. The number of sulfone groups is 1. The molecule has 1 heterocycles. The summed E-state index contributed by atoms with van der Waals surface area (Å²) >= 11 is 0. The molecule has 0 radical (unpaired) electrons. The van der Waals surface area contributed by atoms with Gasteiger partial charge in [0.05, 0.1) is 11.5 Å². The van der Waals surface area contributed by atoms with Crippen molar-refractivity contribution in [2.75, 3.05) is 23.4 Å². The van der Waals surface area contributed by atoms with Crippen molar-refractivity contribution in [3.8, 4) is 0 Å². The monoisotopic (exact) mass is 338 g/mol. The zero-order chi connectivity index (χ0) is 17.2. The Morgan fingerprint density at radius 3 is 2.57 bits per heavy atom. The van der Waals surface area contributed by atoms with Gasteiger partial charge in [-0.1, -0.05) is 12.1 Å². The van der Waals surface area contributed by atoms with Gasteiger partial charge >= 0.3 is 11.8 Å². The fourth-order valence-corrected chi connectivity index (χ4v) is 4.50. The van der Waals surface area contributed by atoms with Gasteiger partial charge in [0, 0.05) is 18.3 Å². The molecule has 6 nitrogen and oxygen atoms in total. The quantitative estimate of drug-likeness (QED) is 0.842. The third-order valence-electron chi connectivity index (χ3n) is 4.09. The van der Waals surface area contributed by atoms with Crippen LogP contribution in [-0.2, 0) is 19.4 Å². The number of hydrogen-bond donors (Lipinski definition) is 1. The van der Waals surface area contributed by atoms with E-state index in [2.05, 4.69) is 5.32 Å². The van der Waals surface area contributed by atoms with Crippen LogP contribution in [0.1, 0.15) is 24.5 Å². The average molecular weight is 338 g/mol. The Bertz CT molecular complexity index is 728. The van der Waals surface area contributed by atoms with Crippen molar-refractivity contribution in [2.24, 2.45) is 0 Å². The highest BCUT2D eigenvalue weighted by Gasteiger charge is 2.36. The average Bonchev–Trinajstić information content (AvgIpc) is 2.83. The molecule has 126 valence electrons. The van der Waals surface area contributed by atoms with Crippen LogP contribution in [0.4, 0.5) is 5.69 Å². The predicted octanol–water partition coefficient (Wildman–Crippen LogP) is 1.28. The largest absolute Gasteiger partial charge is 0.331 e. The Morgan fingerprint density at radius 1 is 1.30 bits per heavy atom. The lowest BCUT2D eigenvalue weighted by Crippen LogP contribution is -2.46. The molecule has 0 aromatic heterocycles. The van der Waals surface area contributed by atoms with Crippen molar-refractivity contribution in [1.82, 2.24) is 4.90 Å². The second-order valence-corrected chi connectivity index (χ2v) is 8.15. The van der Waals surface area contributed by atoms with E-state index >= 15 is 0 Å². The van der Waals surface area contributed by atoms with Crippen molar-refractivity contribution in [1.29, 1.82) is 0 Å². The van der Waals surface area contributed by atoms with Crippen LogP contribution in [0.2, 0.25) is 0 Å². The molecule has 1 unspecified atom stereocenters. The van der Waals surface area contributed by atoms with Crippen LogP contribution in [0.15, 0.2) is 18.2 Å². The molecule has 1 aromatic rings. The number of aryl methyl sites for hydroxylation is 2. The van der Waals surface area contributed by atoms with Gasteiger partial charge in [-0.25, -0.2) is 8.42 Å². The molecule has 2 rings (SSSR count). The zero-order valence-electron chi connectivity index (χ0n) is 13.6.